The maximum Gasteiger partial charge on any atom is 0.291 e. The molecule has 3 rings (SSSR count). The molecule has 148 valence electrons. The number of nitriles is 1. The Morgan fingerprint density at radius 2 is 2.14 bits per heavy atom. The highest BCUT2D eigenvalue weighted by atomic mass is 16.3. The van der Waals surface area contributed by atoms with E-state index in [0.29, 0.717) is 5.76 Å². The first kappa shape index (κ1) is 20.7. The zero-order chi connectivity index (χ0) is 20.8. The number of hydrogen-bond acceptors (Lipinski definition) is 3. The van der Waals surface area contributed by atoms with Gasteiger partial charge in [0.15, 0.2) is 5.76 Å². The van der Waals surface area contributed by atoms with Crippen molar-refractivity contribution in [2.75, 3.05) is 5.32 Å². The minimum absolute atomic E-state index is 0.0862. The van der Waals surface area contributed by atoms with Crippen LogP contribution < -0.4 is 5.32 Å². The highest BCUT2D eigenvalue weighted by Gasteiger charge is 2.21. The number of carbonyl (C=O) groups is 1. The molecule has 0 saturated carbocycles. The van der Waals surface area contributed by atoms with Crippen LogP contribution >= 0.6 is 0 Å². The standard InChI is InChI=1S/C24H27BN2O2/c1-4-6-18(5-2)21-8-7-20(15-17(21)3)27-24(28)23-10-9-22(29-23)19-11-13-25(16-26)14-12-19/h6-11,15H,4-5,12-14H2,1-3H3,(H,27,28)/b18-6+. The van der Waals surface area contributed by atoms with Gasteiger partial charge in [-0.05, 0) is 79.0 Å². The summed E-state index contributed by atoms with van der Waals surface area (Å²) in [5.41, 5.74) is 5.54. The number of furan rings is 1. The van der Waals surface area contributed by atoms with Crippen molar-refractivity contribution in [2.24, 2.45) is 0 Å². The molecule has 0 spiro atoms. The smallest absolute Gasteiger partial charge is 0.291 e. The van der Waals surface area contributed by atoms with E-state index in [9.17, 15) is 4.79 Å². The quantitative estimate of drug-likeness (QED) is 0.585. The monoisotopic (exact) mass is 386 g/mol. The lowest BCUT2D eigenvalue weighted by Gasteiger charge is -2.12. The van der Waals surface area contributed by atoms with Gasteiger partial charge < -0.3 is 9.73 Å². The molecule has 0 radical (unpaired) electrons. The van der Waals surface area contributed by atoms with E-state index in [1.54, 1.807) is 6.07 Å². The SMILES string of the molecule is CC/C=C(\CC)c1ccc(NC(=O)c2ccc(C3=CCB(C#N)CC3)o2)cc1C. The molecule has 0 bridgehead atoms. The summed E-state index contributed by atoms with van der Waals surface area (Å²) in [6.45, 7) is 6.46. The number of benzene rings is 1. The van der Waals surface area contributed by atoms with E-state index in [2.05, 4.69) is 50.3 Å². The van der Waals surface area contributed by atoms with E-state index in [1.165, 1.54) is 11.1 Å². The maximum absolute atomic E-state index is 12.6. The molecule has 5 heteroatoms. The van der Waals surface area contributed by atoms with Crippen LogP contribution in [0.3, 0.4) is 0 Å². The van der Waals surface area contributed by atoms with Gasteiger partial charge in [0.2, 0.25) is 0 Å². The third kappa shape index (κ3) is 4.89. The molecule has 0 aliphatic carbocycles. The van der Waals surface area contributed by atoms with Gasteiger partial charge in [-0.2, -0.15) is 0 Å². The van der Waals surface area contributed by atoms with Crippen LogP contribution in [-0.2, 0) is 0 Å². The van der Waals surface area contributed by atoms with Gasteiger partial charge in [0.05, 0.1) is 0 Å². The Labute approximate surface area is 173 Å². The predicted octanol–water partition coefficient (Wildman–Crippen LogP) is 6.39. The number of anilines is 1. The summed E-state index contributed by atoms with van der Waals surface area (Å²) in [6, 6.07) is 9.56. The van der Waals surface area contributed by atoms with Crippen LogP contribution in [0.1, 0.15) is 60.6 Å². The molecule has 1 aliphatic heterocycles. The lowest BCUT2D eigenvalue weighted by Crippen LogP contribution is -2.12. The Morgan fingerprint density at radius 1 is 1.31 bits per heavy atom. The molecule has 2 heterocycles. The van der Waals surface area contributed by atoms with Crippen molar-refractivity contribution in [1.29, 1.82) is 5.26 Å². The first-order valence-corrected chi connectivity index (χ1v) is 10.4. The highest BCUT2D eigenvalue weighted by Crippen LogP contribution is 2.29. The summed E-state index contributed by atoms with van der Waals surface area (Å²) in [7, 11) is 0. The molecule has 0 fully saturated rings. The number of carbonyl (C=O) groups excluding carboxylic acids is 1. The summed E-state index contributed by atoms with van der Waals surface area (Å²) in [5.74, 6) is 3.07. The summed E-state index contributed by atoms with van der Waals surface area (Å²) in [4.78, 5) is 12.6. The van der Waals surface area contributed by atoms with Gasteiger partial charge in [-0.1, -0.05) is 38.4 Å². The van der Waals surface area contributed by atoms with Crippen LogP contribution in [0.15, 0.2) is 46.9 Å². The molecule has 1 amide bonds. The molecule has 2 aromatic rings. The fraction of sp³-hybridized carbons (Fsp3) is 0.333. The number of nitrogens with zero attached hydrogens (tertiary/aromatic N) is 1. The second-order valence-corrected chi connectivity index (χ2v) is 7.47. The van der Waals surface area contributed by atoms with E-state index < -0.39 is 0 Å². The molecule has 1 aliphatic rings. The predicted molar refractivity (Wildman–Crippen MR) is 120 cm³/mol. The molecule has 1 N–H and O–H groups in total. The van der Waals surface area contributed by atoms with Gasteiger partial charge in [0.1, 0.15) is 5.76 Å². The molecule has 0 saturated heterocycles. The van der Waals surface area contributed by atoms with Crippen molar-refractivity contribution in [3.8, 4) is 5.97 Å². The van der Waals surface area contributed by atoms with Gasteiger partial charge >= 0.3 is 0 Å². The average molecular weight is 386 g/mol. The van der Waals surface area contributed by atoms with E-state index >= 15 is 0 Å². The lowest BCUT2D eigenvalue weighted by molar-refractivity contribution is 0.0996. The largest absolute Gasteiger partial charge is 0.451 e. The Balaban J connectivity index is 1.71. The van der Waals surface area contributed by atoms with Gasteiger partial charge in [-0.15, -0.1) is 0 Å². The number of hydrogen-bond donors (Lipinski definition) is 1. The molecule has 1 aromatic carbocycles. The number of aryl methyl sites for hydroxylation is 1. The van der Waals surface area contributed by atoms with E-state index in [0.717, 1.165) is 54.5 Å². The van der Waals surface area contributed by atoms with Crippen molar-refractivity contribution < 1.29 is 9.21 Å². The third-order valence-electron chi connectivity index (χ3n) is 5.40. The van der Waals surface area contributed by atoms with Crippen LogP contribution in [0.25, 0.3) is 11.1 Å². The average Bonchev–Trinajstić information content (AvgIpc) is 3.23. The first-order valence-electron chi connectivity index (χ1n) is 10.4. The normalized spacial score (nSPS) is 14.3. The second-order valence-electron chi connectivity index (χ2n) is 7.47. The van der Waals surface area contributed by atoms with Crippen molar-refractivity contribution >= 4 is 29.5 Å². The summed E-state index contributed by atoms with van der Waals surface area (Å²) < 4.78 is 5.80. The minimum Gasteiger partial charge on any atom is -0.451 e. The Bertz CT molecular complexity index is 995. The van der Waals surface area contributed by atoms with Crippen molar-refractivity contribution in [3.05, 3.63) is 65.1 Å². The molecule has 0 atom stereocenters. The van der Waals surface area contributed by atoms with Gasteiger partial charge in [-0.3, -0.25) is 4.79 Å². The van der Waals surface area contributed by atoms with Crippen molar-refractivity contribution in [1.82, 2.24) is 0 Å². The molecule has 4 nitrogen and oxygen atoms in total. The molecule has 0 unspecified atom stereocenters. The van der Waals surface area contributed by atoms with E-state index in [4.69, 9.17) is 9.68 Å². The third-order valence-corrected chi connectivity index (χ3v) is 5.40. The molecule has 29 heavy (non-hydrogen) atoms. The van der Waals surface area contributed by atoms with Crippen molar-refractivity contribution in [3.63, 3.8) is 0 Å². The van der Waals surface area contributed by atoms with Gasteiger partial charge in [0, 0.05) is 11.7 Å². The van der Waals surface area contributed by atoms with E-state index in [-0.39, 0.29) is 12.6 Å². The lowest BCUT2D eigenvalue weighted by atomic mass is 9.44. The fourth-order valence-electron chi connectivity index (χ4n) is 3.79. The molecule has 1 aromatic heterocycles. The number of rotatable bonds is 6. The number of nitrogens with one attached hydrogen (secondary N) is 1. The Morgan fingerprint density at radius 3 is 2.76 bits per heavy atom. The molecular weight excluding hydrogens is 359 g/mol. The number of allylic oxidation sites excluding steroid dienone is 4. The van der Waals surface area contributed by atoms with Crippen LogP contribution in [0.4, 0.5) is 5.69 Å². The Hall–Kier alpha value is -3.00. The van der Waals surface area contributed by atoms with Gasteiger partial charge in [0.25, 0.3) is 12.6 Å². The number of amides is 1. The fourth-order valence-corrected chi connectivity index (χ4v) is 3.79. The second kappa shape index (κ2) is 9.47. The zero-order valence-corrected chi connectivity index (χ0v) is 17.4. The van der Waals surface area contributed by atoms with Crippen LogP contribution in [-0.4, -0.2) is 12.6 Å². The maximum atomic E-state index is 12.6. The Kier molecular flexibility index (Phi) is 6.77. The summed E-state index contributed by atoms with van der Waals surface area (Å²) in [6.07, 6.45) is 8.68. The highest BCUT2D eigenvalue weighted by molar-refractivity contribution is 6.67. The first-order chi connectivity index (χ1) is 14.0. The summed E-state index contributed by atoms with van der Waals surface area (Å²) >= 11 is 0. The zero-order valence-electron chi connectivity index (χ0n) is 17.4. The topological polar surface area (TPSA) is 66.0 Å². The minimum atomic E-state index is -0.255. The van der Waals surface area contributed by atoms with Crippen molar-refractivity contribution in [2.45, 2.75) is 52.7 Å². The van der Waals surface area contributed by atoms with Gasteiger partial charge in [-0.25, -0.2) is 5.26 Å². The molecular formula is C24H27BN2O2. The summed E-state index contributed by atoms with van der Waals surface area (Å²) in [5, 5.41) is 11.9. The van der Waals surface area contributed by atoms with Crippen LogP contribution in [0.5, 0.6) is 0 Å². The van der Waals surface area contributed by atoms with Crippen LogP contribution in [0, 0.1) is 18.2 Å². The van der Waals surface area contributed by atoms with E-state index in [1.807, 2.05) is 18.2 Å². The van der Waals surface area contributed by atoms with Crippen LogP contribution in [0.2, 0.25) is 12.6 Å².